The molecule has 52 heavy (non-hydrogen) atoms. The van der Waals surface area contributed by atoms with Crippen LogP contribution in [0.25, 0.3) is 0 Å². The van der Waals surface area contributed by atoms with Gasteiger partial charge in [0.05, 0.1) is 37.3 Å². The van der Waals surface area contributed by atoms with E-state index in [9.17, 15) is 23.1 Å². The number of piperidine rings is 1. The molecule has 1 aliphatic carbocycles. The van der Waals surface area contributed by atoms with E-state index in [0.717, 1.165) is 42.9 Å². The molecule has 2 aromatic carbocycles. The maximum atomic E-state index is 15.2. The number of carboxylic acids is 1. The number of aliphatic carboxylic acids is 1. The van der Waals surface area contributed by atoms with Crippen LogP contribution in [-0.4, -0.2) is 118 Å². The van der Waals surface area contributed by atoms with Crippen molar-refractivity contribution >= 4 is 17.6 Å². The number of hydrogen-bond acceptors (Lipinski definition) is 8. The molecule has 4 aliphatic rings. The molecule has 4 fully saturated rings. The van der Waals surface area contributed by atoms with Gasteiger partial charge in [0.1, 0.15) is 5.75 Å². The highest BCUT2D eigenvalue weighted by Crippen LogP contribution is 2.47. The minimum absolute atomic E-state index is 0.149. The summed E-state index contributed by atoms with van der Waals surface area (Å²) in [5, 5.41) is 9.55. The van der Waals surface area contributed by atoms with E-state index in [1.807, 2.05) is 34.1 Å². The van der Waals surface area contributed by atoms with Gasteiger partial charge in [-0.2, -0.15) is 13.2 Å². The Kier molecular flexibility index (Phi) is 11.7. The molecular weight excluding hydrogens is 679 g/mol. The van der Waals surface area contributed by atoms with Crippen molar-refractivity contribution in [3.8, 4) is 5.75 Å². The number of likely N-dealkylation sites (tertiary alicyclic amines) is 2. The number of anilines is 1. The van der Waals surface area contributed by atoms with Crippen LogP contribution < -0.4 is 9.64 Å². The van der Waals surface area contributed by atoms with Crippen LogP contribution in [0.3, 0.4) is 0 Å². The zero-order valence-electron chi connectivity index (χ0n) is 30.6. The van der Waals surface area contributed by atoms with Gasteiger partial charge in [0.25, 0.3) is 5.91 Å². The van der Waals surface area contributed by atoms with Crippen molar-refractivity contribution in [3.05, 3.63) is 59.2 Å². The SMILES string of the molecule is COC[C@@H]1C[C@@H](c2ccc(C(F)(F)F)cc2N2CCC(C(=O)O)CC2)CN1C(=O)[C@]1(OC)CN([C@H]2CC[C@H](OC)CC2)C[C@H]1c1ccc(OC)cc1. The Hall–Kier alpha value is -3.39. The summed E-state index contributed by atoms with van der Waals surface area (Å²) in [5.41, 5.74) is 0.176. The normalized spacial score (nSPS) is 29.1. The van der Waals surface area contributed by atoms with Crippen molar-refractivity contribution < 1.29 is 46.8 Å². The summed E-state index contributed by atoms with van der Waals surface area (Å²) in [6, 6.07) is 11.6. The standard InChI is InChI=1S/C39H52F3N3O7/c1-49-23-30-19-27(33-14-7-28(39(40,41)42)20-35(33)43-17-15-26(16-18-43)36(46)47)21-45(30)37(48)38(52-4)24-44(29-8-12-32(51-3)13-9-29)22-34(38)25-5-10-31(50-2)11-6-25/h5-7,10-11,14,20,26-27,29-30,32,34H,8-9,12-13,15-19,21-24H2,1-4H3,(H,46,47)/t27-,29-,30+,32-,34+,38+/m1/s1. The predicted octanol–water partition coefficient (Wildman–Crippen LogP) is 5.79. The predicted molar refractivity (Wildman–Crippen MR) is 189 cm³/mol. The van der Waals surface area contributed by atoms with Crippen molar-refractivity contribution in [1.29, 1.82) is 0 Å². The molecule has 2 aromatic rings. The Morgan fingerprint density at radius 2 is 1.62 bits per heavy atom. The minimum atomic E-state index is -4.54. The van der Waals surface area contributed by atoms with Gasteiger partial charge in [-0.15, -0.1) is 0 Å². The second kappa shape index (κ2) is 15.9. The highest BCUT2D eigenvalue weighted by Gasteiger charge is 2.58. The molecule has 3 saturated heterocycles. The lowest BCUT2D eigenvalue weighted by atomic mass is 9.83. The van der Waals surface area contributed by atoms with Gasteiger partial charge in [-0.05, 0) is 80.3 Å². The van der Waals surface area contributed by atoms with Crippen molar-refractivity contribution in [2.24, 2.45) is 5.92 Å². The van der Waals surface area contributed by atoms with E-state index in [-0.39, 0.29) is 49.1 Å². The summed E-state index contributed by atoms with van der Waals surface area (Å²) < 4.78 is 65.2. The fourth-order valence-corrected chi connectivity index (χ4v) is 9.19. The monoisotopic (exact) mass is 731 g/mol. The Morgan fingerprint density at radius 1 is 0.923 bits per heavy atom. The quantitative estimate of drug-likeness (QED) is 0.308. The van der Waals surface area contributed by atoms with Gasteiger partial charge >= 0.3 is 12.1 Å². The summed E-state index contributed by atoms with van der Waals surface area (Å²) in [4.78, 5) is 33.0. The number of alkyl halides is 3. The van der Waals surface area contributed by atoms with Crippen LogP contribution in [0.2, 0.25) is 0 Å². The largest absolute Gasteiger partial charge is 0.497 e. The fraction of sp³-hybridized carbons (Fsp3) is 0.641. The second-order valence-corrected chi connectivity index (χ2v) is 14.9. The van der Waals surface area contributed by atoms with Crippen LogP contribution in [0.1, 0.15) is 73.5 Å². The lowest BCUT2D eigenvalue weighted by molar-refractivity contribution is -0.157. The van der Waals surface area contributed by atoms with Gasteiger partial charge in [-0.3, -0.25) is 14.5 Å². The molecule has 10 nitrogen and oxygen atoms in total. The third-order valence-corrected chi connectivity index (χ3v) is 12.2. The van der Waals surface area contributed by atoms with E-state index in [0.29, 0.717) is 56.9 Å². The molecule has 0 bridgehead atoms. The van der Waals surface area contributed by atoms with Crippen LogP contribution in [-0.2, 0) is 30.0 Å². The number of halogens is 3. The minimum Gasteiger partial charge on any atom is -0.497 e. The van der Waals surface area contributed by atoms with E-state index in [4.69, 9.17) is 18.9 Å². The Bertz CT molecular complexity index is 1540. The third kappa shape index (κ3) is 7.65. The average Bonchev–Trinajstić information content (AvgIpc) is 3.77. The highest BCUT2D eigenvalue weighted by atomic mass is 19.4. The molecule has 0 radical (unpaired) electrons. The van der Waals surface area contributed by atoms with E-state index in [1.54, 1.807) is 34.5 Å². The van der Waals surface area contributed by atoms with Crippen molar-refractivity contribution in [1.82, 2.24) is 9.80 Å². The number of rotatable bonds is 11. The summed E-state index contributed by atoms with van der Waals surface area (Å²) in [6.07, 6.45) is 0.708. The molecule has 0 unspecified atom stereocenters. The number of hydrogen-bond donors (Lipinski definition) is 1. The summed E-state index contributed by atoms with van der Waals surface area (Å²) in [6.45, 7) is 2.26. The van der Waals surface area contributed by atoms with Crippen molar-refractivity contribution in [2.75, 3.05) is 72.7 Å². The first-order valence-electron chi connectivity index (χ1n) is 18.4. The van der Waals surface area contributed by atoms with E-state index in [2.05, 4.69) is 4.90 Å². The van der Waals surface area contributed by atoms with Crippen molar-refractivity contribution in [2.45, 2.75) is 86.7 Å². The van der Waals surface area contributed by atoms with Crippen molar-refractivity contribution in [3.63, 3.8) is 0 Å². The molecule has 1 amide bonds. The van der Waals surface area contributed by atoms with Gasteiger partial charge in [-0.25, -0.2) is 0 Å². The number of benzene rings is 2. The fourth-order valence-electron chi connectivity index (χ4n) is 9.19. The zero-order chi connectivity index (χ0) is 37.2. The number of nitrogens with zero attached hydrogens (tertiary/aromatic N) is 3. The molecule has 3 heterocycles. The summed E-state index contributed by atoms with van der Waals surface area (Å²) >= 11 is 0. The van der Waals surface area contributed by atoms with Crippen LogP contribution in [0, 0.1) is 5.92 Å². The molecule has 286 valence electrons. The van der Waals surface area contributed by atoms with Crippen LogP contribution in [0.4, 0.5) is 18.9 Å². The average molecular weight is 732 g/mol. The number of amides is 1. The smallest absolute Gasteiger partial charge is 0.416 e. The first-order valence-corrected chi connectivity index (χ1v) is 18.4. The van der Waals surface area contributed by atoms with Gasteiger partial charge < -0.3 is 33.9 Å². The first kappa shape index (κ1) is 38.3. The lowest BCUT2D eigenvalue weighted by Gasteiger charge is -2.39. The number of methoxy groups -OCH3 is 4. The van der Waals surface area contributed by atoms with E-state index < -0.39 is 29.2 Å². The van der Waals surface area contributed by atoms with Gasteiger partial charge in [0.15, 0.2) is 5.60 Å². The molecular formula is C39H52F3N3O7. The van der Waals surface area contributed by atoms with E-state index in [1.165, 1.54) is 6.07 Å². The lowest BCUT2D eigenvalue weighted by Crippen LogP contribution is -2.57. The Balaban J connectivity index is 1.33. The topological polar surface area (TPSA) is 101 Å². The number of ether oxygens (including phenoxy) is 4. The van der Waals surface area contributed by atoms with Gasteiger partial charge in [0.2, 0.25) is 0 Å². The van der Waals surface area contributed by atoms with E-state index >= 15 is 4.79 Å². The van der Waals surface area contributed by atoms with Crippen LogP contribution >= 0.6 is 0 Å². The molecule has 1 saturated carbocycles. The Labute approximate surface area is 304 Å². The molecule has 3 aliphatic heterocycles. The second-order valence-electron chi connectivity index (χ2n) is 14.9. The zero-order valence-corrected chi connectivity index (χ0v) is 30.6. The molecule has 0 spiro atoms. The maximum absolute atomic E-state index is 15.2. The Morgan fingerprint density at radius 3 is 2.19 bits per heavy atom. The number of carboxylic acid groups (broad SMARTS) is 1. The molecule has 4 atom stereocenters. The molecule has 6 rings (SSSR count). The number of carbonyl (C=O) groups is 2. The molecule has 13 heteroatoms. The van der Waals surface area contributed by atoms with Crippen LogP contribution in [0.15, 0.2) is 42.5 Å². The van der Waals surface area contributed by atoms with Gasteiger partial charge in [-0.1, -0.05) is 18.2 Å². The number of carbonyl (C=O) groups excluding carboxylic acids is 1. The highest BCUT2D eigenvalue weighted by molar-refractivity contribution is 5.88. The maximum Gasteiger partial charge on any atom is 0.416 e. The summed E-state index contributed by atoms with van der Waals surface area (Å²) in [5.74, 6) is -1.40. The molecule has 0 aromatic heterocycles. The molecule has 1 N–H and O–H groups in total. The summed E-state index contributed by atoms with van der Waals surface area (Å²) in [7, 11) is 6.56. The van der Waals surface area contributed by atoms with Gasteiger partial charge in [0, 0.05) is 77.6 Å². The van der Waals surface area contributed by atoms with Crippen LogP contribution in [0.5, 0.6) is 5.75 Å². The third-order valence-electron chi connectivity index (χ3n) is 12.2. The first-order chi connectivity index (χ1) is 24.9.